The van der Waals surface area contributed by atoms with Crippen molar-refractivity contribution in [2.75, 3.05) is 46.2 Å². The van der Waals surface area contributed by atoms with Gasteiger partial charge in [0, 0.05) is 44.5 Å². The monoisotopic (exact) mass is 492 g/mol. The molecule has 1 fully saturated rings. The molecule has 0 bridgehead atoms. The molecule has 1 saturated heterocycles. The Morgan fingerprint density at radius 2 is 1.92 bits per heavy atom. The first-order valence-corrected chi connectivity index (χ1v) is 10.1. The van der Waals surface area contributed by atoms with Crippen molar-refractivity contribution in [3.8, 4) is 0 Å². The lowest BCUT2D eigenvalue weighted by molar-refractivity contribution is 0.0342. The number of guanidine groups is 1. The number of ether oxygens (including phenoxy) is 1. The van der Waals surface area contributed by atoms with Gasteiger partial charge in [0.25, 0.3) is 0 Å². The third-order valence-electron chi connectivity index (χ3n) is 4.42. The molecule has 5 nitrogen and oxygen atoms in total. The molecule has 0 atom stereocenters. The lowest BCUT2D eigenvalue weighted by Crippen LogP contribution is -2.43. The van der Waals surface area contributed by atoms with Crippen molar-refractivity contribution < 1.29 is 4.74 Å². The first-order chi connectivity index (χ1) is 12.0. The molecule has 0 spiro atoms. The topological polar surface area (TPSA) is 48.9 Å². The molecule has 7 heteroatoms. The summed E-state index contributed by atoms with van der Waals surface area (Å²) in [5.41, 5.74) is 2.63. The SMILES string of the molecule is CN=C(NCc1cccc(CN2CCOCC2)c1)NCC(C)(C)SC.I. The highest BCUT2D eigenvalue weighted by Crippen LogP contribution is 2.19. The zero-order valence-electron chi connectivity index (χ0n) is 16.4. The summed E-state index contributed by atoms with van der Waals surface area (Å²) in [7, 11) is 1.82. The Balaban J connectivity index is 0.00000338. The van der Waals surface area contributed by atoms with Gasteiger partial charge in [0.15, 0.2) is 5.96 Å². The predicted molar refractivity (Wildman–Crippen MR) is 124 cm³/mol. The summed E-state index contributed by atoms with van der Waals surface area (Å²) in [6.45, 7) is 10.8. The molecule has 2 N–H and O–H groups in total. The van der Waals surface area contributed by atoms with Crippen molar-refractivity contribution in [3.05, 3.63) is 35.4 Å². The van der Waals surface area contributed by atoms with Crippen LogP contribution in [0.2, 0.25) is 0 Å². The van der Waals surface area contributed by atoms with Gasteiger partial charge in [-0.05, 0) is 31.2 Å². The maximum atomic E-state index is 5.42. The van der Waals surface area contributed by atoms with Gasteiger partial charge in [0.1, 0.15) is 0 Å². The molecule has 0 saturated carbocycles. The van der Waals surface area contributed by atoms with E-state index in [-0.39, 0.29) is 28.7 Å². The lowest BCUT2D eigenvalue weighted by atomic mass is 10.1. The van der Waals surface area contributed by atoms with E-state index in [1.54, 1.807) is 0 Å². The van der Waals surface area contributed by atoms with Crippen molar-refractivity contribution in [2.45, 2.75) is 31.7 Å². The summed E-state index contributed by atoms with van der Waals surface area (Å²) in [6, 6.07) is 8.78. The van der Waals surface area contributed by atoms with E-state index < -0.39 is 0 Å². The molecule has 1 aromatic rings. The number of hydrogen-bond acceptors (Lipinski definition) is 4. The zero-order valence-corrected chi connectivity index (χ0v) is 19.5. The second-order valence-corrected chi connectivity index (χ2v) is 8.47. The quantitative estimate of drug-likeness (QED) is 0.348. The standard InChI is InChI=1S/C19H32N4OS.HI/c1-19(2,25-4)15-22-18(20-3)21-13-16-6-5-7-17(12-16)14-23-8-10-24-11-9-23;/h5-7,12H,8-11,13-15H2,1-4H3,(H2,20,21,22);1H. The van der Waals surface area contributed by atoms with Crippen LogP contribution in [0, 0.1) is 0 Å². The molecule has 0 radical (unpaired) electrons. The van der Waals surface area contributed by atoms with Crippen LogP contribution in [-0.4, -0.2) is 61.8 Å². The molecule has 26 heavy (non-hydrogen) atoms. The highest BCUT2D eigenvalue weighted by atomic mass is 127. The fourth-order valence-corrected chi connectivity index (χ4v) is 2.85. The van der Waals surface area contributed by atoms with Crippen molar-refractivity contribution in [2.24, 2.45) is 4.99 Å². The molecule has 1 heterocycles. The molecule has 1 aliphatic rings. The Bertz CT molecular complexity index is 562. The Labute approximate surface area is 179 Å². The molecule has 0 amide bonds. The van der Waals surface area contributed by atoms with Gasteiger partial charge in [0.05, 0.1) is 13.2 Å². The van der Waals surface area contributed by atoms with E-state index >= 15 is 0 Å². The van der Waals surface area contributed by atoms with Crippen LogP contribution >= 0.6 is 35.7 Å². The van der Waals surface area contributed by atoms with E-state index in [9.17, 15) is 0 Å². The Hall–Kier alpha value is -0.510. The Morgan fingerprint density at radius 1 is 1.23 bits per heavy atom. The number of morpholine rings is 1. The highest BCUT2D eigenvalue weighted by molar-refractivity contribution is 14.0. The second kappa shape index (κ2) is 12.0. The molecule has 0 aliphatic carbocycles. The number of hydrogen-bond donors (Lipinski definition) is 2. The van der Waals surface area contributed by atoms with E-state index in [4.69, 9.17) is 4.74 Å². The number of rotatable bonds is 7. The van der Waals surface area contributed by atoms with Gasteiger partial charge < -0.3 is 15.4 Å². The van der Waals surface area contributed by atoms with Crippen LogP contribution in [-0.2, 0) is 17.8 Å². The average Bonchev–Trinajstić information content (AvgIpc) is 2.63. The number of thioether (sulfide) groups is 1. The number of nitrogens with one attached hydrogen (secondary N) is 2. The van der Waals surface area contributed by atoms with Crippen molar-refractivity contribution in [1.29, 1.82) is 0 Å². The van der Waals surface area contributed by atoms with Crippen molar-refractivity contribution in [1.82, 2.24) is 15.5 Å². The van der Waals surface area contributed by atoms with Crippen LogP contribution in [0.4, 0.5) is 0 Å². The maximum absolute atomic E-state index is 5.42. The minimum absolute atomic E-state index is 0. The number of nitrogens with zero attached hydrogens (tertiary/aromatic N) is 2. The van der Waals surface area contributed by atoms with Gasteiger partial charge in [-0.3, -0.25) is 9.89 Å². The number of benzene rings is 1. The summed E-state index contributed by atoms with van der Waals surface area (Å²) in [5, 5.41) is 6.82. The summed E-state index contributed by atoms with van der Waals surface area (Å²) in [4.78, 5) is 6.77. The van der Waals surface area contributed by atoms with Crippen LogP contribution in [0.15, 0.2) is 29.3 Å². The third-order valence-corrected chi connectivity index (χ3v) is 5.67. The van der Waals surface area contributed by atoms with Crippen LogP contribution < -0.4 is 10.6 Å². The van der Waals surface area contributed by atoms with E-state index in [2.05, 4.69) is 64.9 Å². The van der Waals surface area contributed by atoms with Crippen molar-refractivity contribution in [3.63, 3.8) is 0 Å². The lowest BCUT2D eigenvalue weighted by Gasteiger charge is -2.26. The van der Waals surface area contributed by atoms with Gasteiger partial charge in [0.2, 0.25) is 0 Å². The van der Waals surface area contributed by atoms with Gasteiger partial charge in [-0.15, -0.1) is 24.0 Å². The van der Waals surface area contributed by atoms with E-state index in [1.807, 2.05) is 18.8 Å². The summed E-state index contributed by atoms with van der Waals surface area (Å²) in [5.74, 6) is 0.848. The number of aliphatic imine (C=N–C) groups is 1. The molecular weight excluding hydrogens is 459 g/mol. The molecule has 0 unspecified atom stereocenters. The van der Waals surface area contributed by atoms with Gasteiger partial charge in [-0.2, -0.15) is 11.8 Å². The van der Waals surface area contributed by atoms with Crippen LogP contribution in [0.1, 0.15) is 25.0 Å². The largest absolute Gasteiger partial charge is 0.379 e. The zero-order chi connectivity index (χ0) is 18.1. The smallest absolute Gasteiger partial charge is 0.191 e. The normalized spacial score (nSPS) is 16.1. The highest BCUT2D eigenvalue weighted by Gasteiger charge is 2.16. The van der Waals surface area contributed by atoms with Crippen LogP contribution in [0.3, 0.4) is 0 Å². The first kappa shape index (κ1) is 23.5. The van der Waals surface area contributed by atoms with E-state index in [1.165, 1.54) is 11.1 Å². The Kier molecular flexibility index (Phi) is 10.9. The maximum Gasteiger partial charge on any atom is 0.191 e. The fraction of sp³-hybridized carbons (Fsp3) is 0.632. The van der Waals surface area contributed by atoms with Gasteiger partial charge in [-0.1, -0.05) is 24.3 Å². The molecular formula is C19H33IN4OS. The molecule has 1 aromatic carbocycles. The average molecular weight is 492 g/mol. The first-order valence-electron chi connectivity index (χ1n) is 8.90. The van der Waals surface area contributed by atoms with Gasteiger partial charge >= 0.3 is 0 Å². The minimum Gasteiger partial charge on any atom is -0.379 e. The summed E-state index contributed by atoms with van der Waals surface area (Å²) in [6.07, 6.45) is 2.14. The molecule has 0 aromatic heterocycles. The molecule has 2 rings (SSSR count). The fourth-order valence-electron chi connectivity index (χ4n) is 2.63. The minimum atomic E-state index is 0. The summed E-state index contributed by atoms with van der Waals surface area (Å²) >= 11 is 1.85. The molecule has 148 valence electrons. The number of halogens is 1. The Morgan fingerprint density at radius 3 is 2.58 bits per heavy atom. The second-order valence-electron chi connectivity index (χ2n) is 6.95. The summed E-state index contributed by atoms with van der Waals surface area (Å²) < 4.78 is 5.61. The van der Waals surface area contributed by atoms with E-state index in [0.717, 1.165) is 51.9 Å². The third kappa shape index (κ3) is 8.45. The van der Waals surface area contributed by atoms with Crippen molar-refractivity contribution >= 4 is 41.7 Å². The van der Waals surface area contributed by atoms with Crippen LogP contribution in [0.25, 0.3) is 0 Å². The predicted octanol–water partition coefficient (Wildman–Crippen LogP) is 2.94. The van der Waals surface area contributed by atoms with Gasteiger partial charge in [-0.25, -0.2) is 0 Å². The van der Waals surface area contributed by atoms with E-state index in [0.29, 0.717) is 0 Å². The van der Waals surface area contributed by atoms with Crippen LogP contribution in [0.5, 0.6) is 0 Å². The molecule has 1 aliphatic heterocycles.